The Hall–Kier alpha value is -6.36. The predicted octanol–water partition coefficient (Wildman–Crippen LogP) is -0.716. The molecule has 0 unspecified atom stereocenters. The summed E-state index contributed by atoms with van der Waals surface area (Å²) in [6, 6.07) is -12.1. The van der Waals surface area contributed by atoms with Gasteiger partial charge in [-0.3, -0.25) is 57.5 Å². The molecule has 1 fully saturated rings. The van der Waals surface area contributed by atoms with E-state index in [4.69, 9.17) is 17.2 Å². The lowest BCUT2D eigenvalue weighted by Gasteiger charge is -2.32. The van der Waals surface area contributed by atoms with Gasteiger partial charge in [0.05, 0.1) is 0 Å². The highest BCUT2D eigenvalue weighted by atomic mass is 16.4. The number of hydrogen-bond acceptors (Lipinski definition) is 12. The van der Waals surface area contributed by atoms with Gasteiger partial charge in [-0.2, -0.15) is 0 Å². The number of carbonyl (C=O) groups excluding carboxylic acids is 11. The molecule has 1 heterocycles. The average molecular weight is 1020 g/mol. The van der Waals surface area contributed by atoms with Crippen LogP contribution in [0.15, 0.2) is 0 Å². The van der Waals surface area contributed by atoms with Gasteiger partial charge in [0.1, 0.15) is 48.3 Å². The van der Waals surface area contributed by atoms with Gasteiger partial charge in [-0.25, -0.2) is 0 Å². The molecule has 1 aliphatic rings. The number of carbonyl (C=O) groups is 12. The summed E-state index contributed by atoms with van der Waals surface area (Å²) >= 11 is 0. The molecule has 0 bridgehead atoms. The van der Waals surface area contributed by atoms with Gasteiger partial charge >= 0.3 is 5.97 Å². The largest absolute Gasteiger partial charge is 0.481 e. The zero-order valence-corrected chi connectivity index (χ0v) is 44.2. The van der Waals surface area contributed by atoms with Crippen molar-refractivity contribution in [2.45, 2.75) is 208 Å². The number of primary amides is 3. The number of aliphatic carboxylic acids is 1. The Labute approximate surface area is 422 Å². The van der Waals surface area contributed by atoms with Crippen molar-refractivity contribution in [1.29, 1.82) is 0 Å². The summed E-state index contributed by atoms with van der Waals surface area (Å²) < 4.78 is 0. The first-order chi connectivity index (χ1) is 32.7. The second kappa shape index (κ2) is 27.5. The van der Waals surface area contributed by atoms with Gasteiger partial charge in [0.15, 0.2) is 0 Å². The molecule has 0 aromatic heterocycles. The van der Waals surface area contributed by atoms with Crippen LogP contribution in [0.5, 0.6) is 0 Å². The summed E-state index contributed by atoms with van der Waals surface area (Å²) in [6.45, 7) is 21.0. The Morgan fingerprint density at radius 2 is 0.486 bits per heavy atom. The summed E-state index contributed by atoms with van der Waals surface area (Å²) in [5.74, 6) is -11.5. The third kappa shape index (κ3) is 26.2. The molecular weight excluding hydrogens is 939 g/mol. The lowest BCUT2D eigenvalue weighted by atomic mass is 9.87. The van der Waals surface area contributed by atoms with Gasteiger partial charge in [0, 0.05) is 25.7 Å². The number of nitrogens with two attached hydrogens (primary N) is 3. The van der Waals surface area contributed by atoms with E-state index in [1.165, 1.54) is 0 Å². The maximum atomic E-state index is 14.3. The van der Waals surface area contributed by atoms with Gasteiger partial charge in [0.25, 0.3) is 0 Å². The minimum Gasteiger partial charge on any atom is -0.481 e. The molecule has 408 valence electrons. The molecule has 0 aliphatic carbocycles. The molecule has 1 saturated heterocycles. The molecule has 24 heteroatoms. The fourth-order valence-corrected chi connectivity index (χ4v) is 7.67. The first-order valence-corrected chi connectivity index (χ1v) is 24.3. The predicted molar refractivity (Wildman–Crippen MR) is 264 cm³/mol. The van der Waals surface area contributed by atoms with E-state index in [9.17, 15) is 62.6 Å². The third-order valence-corrected chi connectivity index (χ3v) is 11.0. The van der Waals surface area contributed by atoms with E-state index in [0.29, 0.717) is 0 Å². The van der Waals surface area contributed by atoms with Crippen LogP contribution in [0.1, 0.15) is 160 Å². The highest BCUT2D eigenvalue weighted by molar-refractivity contribution is 5.99. The summed E-state index contributed by atoms with van der Waals surface area (Å²) in [5.41, 5.74) is 13.6. The molecule has 0 radical (unpaired) electrons. The molecule has 11 amide bonds. The second-order valence-electron chi connectivity index (χ2n) is 23.5. The van der Waals surface area contributed by atoms with Gasteiger partial charge in [-0.15, -0.1) is 0 Å². The third-order valence-electron chi connectivity index (χ3n) is 11.0. The van der Waals surface area contributed by atoms with E-state index in [1.807, 2.05) is 0 Å². The molecule has 0 spiro atoms. The van der Waals surface area contributed by atoms with Crippen LogP contribution in [0.25, 0.3) is 0 Å². The number of carboxylic acid groups (broad SMARTS) is 1. The highest BCUT2D eigenvalue weighted by Crippen LogP contribution is 2.25. The lowest BCUT2D eigenvalue weighted by molar-refractivity contribution is -0.139. The molecule has 0 saturated carbocycles. The Balaban J connectivity index is 4.29. The summed E-state index contributed by atoms with van der Waals surface area (Å²) in [4.78, 5) is 162. The van der Waals surface area contributed by atoms with Gasteiger partial charge in [-0.05, 0) is 73.0 Å². The lowest BCUT2D eigenvalue weighted by Crippen LogP contribution is -2.62. The van der Waals surface area contributed by atoms with Crippen molar-refractivity contribution < 1.29 is 62.6 Å². The fourth-order valence-electron chi connectivity index (χ4n) is 7.67. The van der Waals surface area contributed by atoms with E-state index < -0.39 is 173 Å². The summed E-state index contributed by atoms with van der Waals surface area (Å²) in [5, 5.41) is 30.3. The number of hydrogen-bond donors (Lipinski definition) is 12. The van der Waals surface area contributed by atoms with Crippen LogP contribution in [0.2, 0.25) is 0 Å². The molecule has 1 aliphatic heterocycles. The van der Waals surface area contributed by atoms with Crippen molar-refractivity contribution in [3.05, 3.63) is 0 Å². The average Bonchev–Trinajstić information content (AvgIpc) is 3.19. The molecule has 1 rings (SSSR count). The first kappa shape index (κ1) is 63.7. The normalized spacial score (nSPS) is 24.4. The minimum absolute atomic E-state index is 0.0716. The van der Waals surface area contributed by atoms with Gasteiger partial charge < -0.3 is 64.8 Å². The fraction of sp³-hybridized carbons (Fsp3) is 0.750. The molecule has 8 atom stereocenters. The SMILES string of the molecule is CC(C)(C)C[C@H]1NC(=O)[C@H](CCC(N)=O)NC(=O)[C@@H](CC(C)(C)C)NC(=O)[C@H](CCC(N)=O)NC(=O)[C@@H](CC(C)(C)C)NC(=O)[C@H](CCC(=O)O)NC(=O)[C@@H](CC(C)(C)C)NC(=O)[C@H](CCC(N)=O)NC1=O. The maximum absolute atomic E-state index is 14.3. The molecule has 15 N–H and O–H groups in total. The van der Waals surface area contributed by atoms with Crippen molar-refractivity contribution in [2.24, 2.45) is 38.9 Å². The molecule has 72 heavy (non-hydrogen) atoms. The van der Waals surface area contributed by atoms with Crippen molar-refractivity contribution in [1.82, 2.24) is 42.5 Å². The molecule has 24 nitrogen and oxygen atoms in total. The van der Waals surface area contributed by atoms with Crippen molar-refractivity contribution in [3.8, 4) is 0 Å². The Bertz CT molecular complexity index is 1720. The topological polar surface area (TPSA) is 399 Å². The van der Waals surface area contributed by atoms with Crippen LogP contribution in [0, 0.1) is 21.7 Å². The minimum atomic E-state index is -1.63. The van der Waals surface area contributed by atoms with Crippen molar-refractivity contribution in [2.75, 3.05) is 0 Å². The monoisotopic (exact) mass is 1020 g/mol. The van der Waals surface area contributed by atoms with E-state index in [-0.39, 0.29) is 44.9 Å². The smallest absolute Gasteiger partial charge is 0.303 e. The van der Waals surface area contributed by atoms with E-state index in [0.717, 1.165) is 0 Å². The zero-order valence-electron chi connectivity index (χ0n) is 44.2. The first-order valence-electron chi connectivity index (χ1n) is 24.3. The zero-order chi connectivity index (χ0) is 55.7. The molecular formula is C48H83N11O13. The van der Waals surface area contributed by atoms with Gasteiger partial charge in [0.2, 0.25) is 65.0 Å². The Morgan fingerprint density at radius 1 is 0.333 bits per heavy atom. The number of carboxylic acids is 1. The second-order valence-corrected chi connectivity index (χ2v) is 23.5. The summed E-state index contributed by atoms with van der Waals surface area (Å²) in [6.07, 6.45) is -3.85. The Morgan fingerprint density at radius 3 is 0.639 bits per heavy atom. The van der Waals surface area contributed by atoms with Crippen molar-refractivity contribution in [3.63, 3.8) is 0 Å². The number of amides is 11. The van der Waals surface area contributed by atoms with Crippen LogP contribution >= 0.6 is 0 Å². The van der Waals surface area contributed by atoms with Crippen molar-refractivity contribution >= 4 is 70.9 Å². The van der Waals surface area contributed by atoms with Crippen LogP contribution < -0.4 is 59.7 Å². The maximum Gasteiger partial charge on any atom is 0.303 e. The number of nitrogens with one attached hydrogen (secondary N) is 8. The summed E-state index contributed by atoms with van der Waals surface area (Å²) in [7, 11) is 0. The molecule has 0 aromatic rings. The van der Waals surface area contributed by atoms with Gasteiger partial charge in [-0.1, -0.05) is 83.1 Å². The quantitative estimate of drug-likeness (QED) is 0.0910. The van der Waals surface area contributed by atoms with Crippen LogP contribution in [-0.4, -0.2) is 124 Å². The van der Waals surface area contributed by atoms with E-state index in [2.05, 4.69) is 42.5 Å². The highest BCUT2D eigenvalue weighted by Gasteiger charge is 2.39. The van der Waals surface area contributed by atoms with Crippen LogP contribution in [0.3, 0.4) is 0 Å². The van der Waals surface area contributed by atoms with E-state index in [1.54, 1.807) is 83.1 Å². The van der Waals surface area contributed by atoms with Crippen LogP contribution in [-0.2, 0) is 57.5 Å². The van der Waals surface area contributed by atoms with Crippen LogP contribution in [0.4, 0.5) is 0 Å². The molecule has 0 aromatic carbocycles. The Kier molecular flexibility index (Phi) is 24.3. The number of rotatable bonds is 16. The van der Waals surface area contributed by atoms with E-state index >= 15 is 0 Å². The standard InChI is InChI=1S/C48H83N11O13/c1-45(2,3)21-29-41(69)52-25(13-17-33(49)60)37(65)56-30(22-46(4,5)6)42(70)53-27(15-19-35(51)62)39(67)58-32(24-48(10,11)12)44(72)55-28(16-20-36(63)64)40(68)59-31(23-47(7,8)9)43(71)54-26(38(66)57-29)14-18-34(50)61/h25-32H,13-24H2,1-12H3,(H2,49,60)(H2,50,61)(H2,51,62)(H,52,69)(H,53,70)(H,54,71)(H,55,72)(H,56,65)(H,57,66)(H,58,67)(H,59,68)(H,63,64)/t25-,26-,27-,28-,29+,30+,31+,32+/m0/s1.